The first-order valence-electron chi connectivity index (χ1n) is 7.61. The number of ether oxygens (including phenoxy) is 2. The highest BCUT2D eigenvalue weighted by atomic mass is 79.9. The van der Waals surface area contributed by atoms with Crippen molar-refractivity contribution in [3.05, 3.63) is 71.8 Å². The second kappa shape index (κ2) is 7.61. The smallest absolute Gasteiger partial charge is 0.363 e. The molecule has 2 aromatic rings. The number of benzene rings is 2. The number of nitro groups is 1. The summed E-state index contributed by atoms with van der Waals surface area (Å²) < 4.78 is 12.0. The average molecular weight is 496 g/mol. The number of hydrogen-bond acceptors (Lipinski definition) is 6. The van der Waals surface area contributed by atoms with Crippen molar-refractivity contribution in [2.24, 2.45) is 4.99 Å². The van der Waals surface area contributed by atoms with E-state index in [0.29, 0.717) is 26.9 Å². The molecule has 9 heteroatoms. The quantitative estimate of drug-likeness (QED) is 0.263. The first-order chi connectivity index (χ1) is 12.8. The number of aryl methyl sites for hydroxylation is 1. The molecule has 0 bridgehead atoms. The van der Waals surface area contributed by atoms with Gasteiger partial charge in [0.05, 0.1) is 16.5 Å². The number of halogens is 2. The second-order valence-electron chi connectivity index (χ2n) is 5.60. The molecule has 3 rings (SSSR count). The number of methoxy groups -OCH3 is 1. The van der Waals surface area contributed by atoms with Crippen LogP contribution in [0, 0.1) is 17.0 Å². The molecular weight excluding hydrogens is 484 g/mol. The van der Waals surface area contributed by atoms with Crippen LogP contribution in [-0.4, -0.2) is 23.9 Å². The Morgan fingerprint density at radius 1 is 1.26 bits per heavy atom. The maximum atomic E-state index is 12.2. The summed E-state index contributed by atoms with van der Waals surface area (Å²) in [5, 5.41) is 11.1. The monoisotopic (exact) mass is 494 g/mol. The van der Waals surface area contributed by atoms with Gasteiger partial charge in [-0.05, 0) is 47.1 Å². The summed E-state index contributed by atoms with van der Waals surface area (Å²) in [5.41, 5.74) is 1.47. The topological polar surface area (TPSA) is 91.0 Å². The lowest BCUT2D eigenvalue weighted by Crippen LogP contribution is -2.06. The molecule has 138 valence electrons. The van der Waals surface area contributed by atoms with E-state index in [0.717, 1.165) is 4.47 Å². The van der Waals surface area contributed by atoms with Crippen molar-refractivity contribution in [2.45, 2.75) is 6.92 Å². The van der Waals surface area contributed by atoms with E-state index in [9.17, 15) is 14.9 Å². The van der Waals surface area contributed by atoms with Gasteiger partial charge in [-0.2, -0.15) is 0 Å². The van der Waals surface area contributed by atoms with Crippen molar-refractivity contribution in [1.82, 2.24) is 0 Å². The Balaban J connectivity index is 2.04. The summed E-state index contributed by atoms with van der Waals surface area (Å²) in [4.78, 5) is 27.0. The molecule has 0 aliphatic carbocycles. The molecule has 0 atom stereocenters. The third kappa shape index (κ3) is 3.93. The number of nitro benzene ring substituents is 1. The molecule has 0 amide bonds. The van der Waals surface area contributed by atoms with Crippen LogP contribution < -0.4 is 4.74 Å². The molecule has 0 radical (unpaired) electrons. The predicted octanol–water partition coefficient (Wildman–Crippen LogP) is 4.78. The van der Waals surface area contributed by atoms with E-state index < -0.39 is 10.9 Å². The predicted molar refractivity (Wildman–Crippen MR) is 107 cm³/mol. The van der Waals surface area contributed by atoms with Gasteiger partial charge in [-0.1, -0.05) is 22.0 Å². The summed E-state index contributed by atoms with van der Waals surface area (Å²) in [6.07, 6.45) is 1.53. The second-order valence-corrected chi connectivity index (χ2v) is 7.37. The van der Waals surface area contributed by atoms with Crippen molar-refractivity contribution < 1.29 is 19.2 Å². The fourth-order valence-corrected chi connectivity index (χ4v) is 3.94. The maximum Gasteiger partial charge on any atom is 0.363 e. The van der Waals surface area contributed by atoms with Gasteiger partial charge in [0, 0.05) is 27.2 Å². The van der Waals surface area contributed by atoms with Crippen molar-refractivity contribution in [3.8, 4) is 5.75 Å². The minimum atomic E-state index is -0.647. The van der Waals surface area contributed by atoms with Gasteiger partial charge in [-0.3, -0.25) is 10.1 Å². The van der Waals surface area contributed by atoms with E-state index in [-0.39, 0.29) is 17.3 Å². The molecule has 0 fully saturated rings. The van der Waals surface area contributed by atoms with Gasteiger partial charge in [-0.25, -0.2) is 9.79 Å². The number of cyclic esters (lactones) is 1. The van der Waals surface area contributed by atoms with E-state index >= 15 is 0 Å². The average Bonchev–Trinajstić information content (AvgIpc) is 2.95. The molecular formula is C18H12Br2N2O5. The van der Waals surface area contributed by atoms with Crippen molar-refractivity contribution >= 4 is 55.5 Å². The molecule has 1 heterocycles. The van der Waals surface area contributed by atoms with Gasteiger partial charge in [-0.15, -0.1) is 0 Å². The van der Waals surface area contributed by atoms with E-state index in [4.69, 9.17) is 9.47 Å². The molecule has 0 N–H and O–H groups in total. The van der Waals surface area contributed by atoms with E-state index in [1.165, 1.54) is 19.3 Å². The number of carbonyl (C=O) groups excluding carboxylic acids is 1. The van der Waals surface area contributed by atoms with Gasteiger partial charge >= 0.3 is 5.97 Å². The molecule has 7 nitrogen and oxygen atoms in total. The van der Waals surface area contributed by atoms with Crippen LogP contribution in [-0.2, 0) is 9.53 Å². The van der Waals surface area contributed by atoms with Gasteiger partial charge in [0.2, 0.25) is 5.90 Å². The highest BCUT2D eigenvalue weighted by molar-refractivity contribution is 9.11. The summed E-state index contributed by atoms with van der Waals surface area (Å²) in [6.45, 7) is 1.63. The van der Waals surface area contributed by atoms with Gasteiger partial charge < -0.3 is 9.47 Å². The number of carbonyl (C=O) groups is 1. The number of rotatable bonds is 4. The lowest BCUT2D eigenvalue weighted by molar-refractivity contribution is -0.385. The zero-order valence-electron chi connectivity index (χ0n) is 14.2. The van der Waals surface area contributed by atoms with Gasteiger partial charge in [0.1, 0.15) is 5.75 Å². The number of nitrogens with zero attached hydrogens (tertiary/aromatic N) is 2. The van der Waals surface area contributed by atoms with Crippen LogP contribution in [0.5, 0.6) is 5.75 Å². The van der Waals surface area contributed by atoms with E-state index in [2.05, 4.69) is 36.9 Å². The molecule has 1 aliphatic heterocycles. The molecule has 0 saturated carbocycles. The molecule has 0 unspecified atom stereocenters. The lowest BCUT2D eigenvalue weighted by atomic mass is 10.1. The molecule has 0 spiro atoms. The third-order valence-electron chi connectivity index (χ3n) is 3.81. The first-order valence-corrected chi connectivity index (χ1v) is 9.19. The summed E-state index contributed by atoms with van der Waals surface area (Å²) >= 11 is 6.79. The molecule has 2 aromatic carbocycles. The Bertz CT molecular complexity index is 1030. The van der Waals surface area contributed by atoms with Crippen LogP contribution in [0.2, 0.25) is 0 Å². The van der Waals surface area contributed by atoms with Crippen molar-refractivity contribution in [2.75, 3.05) is 7.11 Å². The Morgan fingerprint density at radius 2 is 2.00 bits per heavy atom. The number of esters is 1. The summed E-state index contributed by atoms with van der Waals surface area (Å²) in [6, 6.07) is 8.12. The normalized spacial score (nSPS) is 14.9. The molecule has 0 aromatic heterocycles. The van der Waals surface area contributed by atoms with Gasteiger partial charge in [0.25, 0.3) is 5.69 Å². The zero-order valence-corrected chi connectivity index (χ0v) is 17.3. The molecule has 27 heavy (non-hydrogen) atoms. The minimum Gasteiger partial charge on any atom is -0.495 e. The molecule has 0 saturated heterocycles. The summed E-state index contributed by atoms with van der Waals surface area (Å²) in [5.74, 6) is -0.0955. The Labute approximate surface area is 171 Å². The number of hydrogen-bond donors (Lipinski definition) is 0. The van der Waals surface area contributed by atoms with E-state index in [1.54, 1.807) is 25.1 Å². The Morgan fingerprint density at radius 3 is 2.67 bits per heavy atom. The van der Waals surface area contributed by atoms with Crippen LogP contribution in [0.3, 0.4) is 0 Å². The molecule has 1 aliphatic rings. The third-order valence-corrected chi connectivity index (χ3v) is 4.85. The maximum absolute atomic E-state index is 12.2. The highest BCUT2D eigenvalue weighted by Gasteiger charge is 2.26. The van der Waals surface area contributed by atoms with Gasteiger partial charge in [0.15, 0.2) is 5.70 Å². The van der Waals surface area contributed by atoms with Crippen LogP contribution in [0.25, 0.3) is 6.08 Å². The van der Waals surface area contributed by atoms with Crippen LogP contribution >= 0.6 is 31.9 Å². The fraction of sp³-hybridized carbons (Fsp3) is 0.111. The Hall–Kier alpha value is -2.52. The highest BCUT2D eigenvalue weighted by Crippen LogP contribution is 2.35. The van der Waals surface area contributed by atoms with Crippen LogP contribution in [0.1, 0.15) is 16.7 Å². The van der Waals surface area contributed by atoms with E-state index in [1.807, 2.05) is 6.07 Å². The Kier molecular flexibility index (Phi) is 5.43. The first kappa shape index (κ1) is 19.2. The van der Waals surface area contributed by atoms with Crippen LogP contribution in [0.15, 0.2) is 50.0 Å². The minimum absolute atomic E-state index is 0.0161. The van der Waals surface area contributed by atoms with Crippen LogP contribution in [0.4, 0.5) is 5.69 Å². The SMILES string of the molecule is COc1c(Br)cc(Br)cc1/C=C1\N=C(c2ccc(C)c([N+](=O)[O-])c2)OC1=O. The summed E-state index contributed by atoms with van der Waals surface area (Å²) in [7, 11) is 1.52. The lowest BCUT2D eigenvalue weighted by Gasteiger charge is -2.08. The number of aliphatic imine (C=N–C) groups is 1. The van der Waals surface area contributed by atoms with Crippen molar-refractivity contribution in [3.63, 3.8) is 0 Å². The standard InChI is InChI=1S/C18H12Br2N2O5/c1-9-3-4-10(7-15(9)22(24)25)17-21-14(18(23)27-17)6-11-5-12(19)8-13(20)16(11)26-2/h3-8H,1-2H3/b14-6-. The largest absolute Gasteiger partial charge is 0.495 e. The fourth-order valence-electron chi connectivity index (χ4n) is 2.52. The van der Waals surface area contributed by atoms with Crippen molar-refractivity contribution in [1.29, 1.82) is 0 Å². The zero-order chi connectivity index (χ0) is 19.7.